The molecule has 0 aliphatic carbocycles. The Bertz CT molecular complexity index is 1020. The number of pyridine rings is 1. The molecule has 0 aromatic carbocycles. The summed E-state index contributed by atoms with van der Waals surface area (Å²) in [6.45, 7) is 8.23. The number of likely N-dealkylation sites (tertiary alicyclic amines) is 1. The van der Waals surface area contributed by atoms with Crippen LogP contribution < -0.4 is 11.2 Å². The van der Waals surface area contributed by atoms with Crippen molar-refractivity contribution in [2.75, 3.05) is 27.2 Å². The van der Waals surface area contributed by atoms with Crippen LogP contribution in [0.5, 0.6) is 0 Å². The first-order valence-electron chi connectivity index (χ1n) is 10.4. The highest BCUT2D eigenvalue weighted by Gasteiger charge is 2.28. The normalized spacial score (nSPS) is 15.9. The van der Waals surface area contributed by atoms with Crippen LogP contribution in [0.3, 0.4) is 0 Å². The molecule has 1 amide bonds. The first kappa shape index (κ1) is 21.2. The second kappa shape index (κ2) is 8.49. The maximum atomic E-state index is 13.5. The lowest BCUT2D eigenvalue weighted by Gasteiger charge is -2.35. The zero-order chi connectivity index (χ0) is 21.3. The quantitative estimate of drug-likeness (QED) is 0.825. The molecule has 0 saturated carbocycles. The molecule has 3 rings (SSSR count). The molecule has 8 nitrogen and oxygen atoms in total. The largest absolute Gasteiger partial charge is 0.339 e. The van der Waals surface area contributed by atoms with Crippen LogP contribution in [0.1, 0.15) is 62.0 Å². The highest BCUT2D eigenvalue weighted by Crippen LogP contribution is 2.23. The fourth-order valence-electron chi connectivity index (χ4n) is 3.93. The Hall–Kier alpha value is -2.48. The Kier molecular flexibility index (Phi) is 6.21. The Balaban J connectivity index is 2.18. The molecule has 2 aromatic rings. The molecule has 3 heterocycles. The summed E-state index contributed by atoms with van der Waals surface area (Å²) in [4.78, 5) is 49.5. The van der Waals surface area contributed by atoms with E-state index in [1.54, 1.807) is 18.0 Å². The number of hydrogen-bond acceptors (Lipinski definition) is 5. The van der Waals surface area contributed by atoms with Crippen LogP contribution in [0.25, 0.3) is 11.0 Å². The summed E-state index contributed by atoms with van der Waals surface area (Å²) >= 11 is 0. The number of rotatable bonds is 5. The number of H-pyrrole nitrogens is 1. The van der Waals surface area contributed by atoms with Gasteiger partial charge in [0, 0.05) is 25.3 Å². The number of piperidine rings is 1. The summed E-state index contributed by atoms with van der Waals surface area (Å²) in [5.41, 5.74) is 0.283. The number of carbonyl (C=O) groups excluding carboxylic acids is 1. The van der Waals surface area contributed by atoms with Gasteiger partial charge in [-0.2, -0.15) is 0 Å². The summed E-state index contributed by atoms with van der Waals surface area (Å²) in [7, 11) is 3.88. The number of nitrogens with one attached hydrogen (secondary N) is 1. The lowest BCUT2D eigenvalue weighted by Crippen LogP contribution is -2.45. The summed E-state index contributed by atoms with van der Waals surface area (Å²) in [6, 6.07) is 1.85. The molecule has 1 saturated heterocycles. The minimum atomic E-state index is -0.555. The summed E-state index contributed by atoms with van der Waals surface area (Å²) in [5.74, 6) is -0.134. The Morgan fingerprint density at radius 1 is 1.31 bits per heavy atom. The third kappa shape index (κ3) is 4.12. The van der Waals surface area contributed by atoms with Crippen molar-refractivity contribution in [1.29, 1.82) is 0 Å². The first-order chi connectivity index (χ1) is 13.7. The van der Waals surface area contributed by atoms with Crippen molar-refractivity contribution in [1.82, 2.24) is 24.3 Å². The molecule has 0 atom stereocenters. The Morgan fingerprint density at radius 3 is 2.55 bits per heavy atom. The Morgan fingerprint density at radius 2 is 1.97 bits per heavy atom. The van der Waals surface area contributed by atoms with Crippen molar-refractivity contribution < 1.29 is 4.79 Å². The van der Waals surface area contributed by atoms with E-state index in [0.29, 0.717) is 29.9 Å². The number of aromatic amines is 1. The molecule has 0 unspecified atom stereocenters. The van der Waals surface area contributed by atoms with Crippen LogP contribution in [-0.4, -0.2) is 63.5 Å². The molecule has 8 heteroatoms. The zero-order valence-corrected chi connectivity index (χ0v) is 18.0. The van der Waals surface area contributed by atoms with Crippen LogP contribution in [0.15, 0.2) is 15.7 Å². The number of hydrogen-bond donors (Lipinski definition) is 1. The topological polar surface area (TPSA) is 91.3 Å². The van der Waals surface area contributed by atoms with Crippen LogP contribution in [0.4, 0.5) is 0 Å². The van der Waals surface area contributed by atoms with Gasteiger partial charge in [-0.3, -0.25) is 19.1 Å². The van der Waals surface area contributed by atoms with Gasteiger partial charge in [-0.15, -0.1) is 0 Å². The van der Waals surface area contributed by atoms with E-state index in [1.165, 1.54) is 4.57 Å². The maximum absolute atomic E-state index is 13.5. The van der Waals surface area contributed by atoms with Gasteiger partial charge < -0.3 is 9.80 Å². The standard InChI is InChI=1S/C21H31N5O3/c1-6-9-26-18-17(19(27)23-21(26)29)15(12-16(22-18)13(2)3)20(28)25(5)14-7-10-24(4)11-8-14/h12-14H,6-11H2,1-5H3,(H,23,27,29). The molecule has 1 aliphatic rings. The number of nitrogens with zero attached hydrogens (tertiary/aromatic N) is 4. The van der Waals surface area contributed by atoms with Gasteiger partial charge >= 0.3 is 5.69 Å². The van der Waals surface area contributed by atoms with E-state index in [-0.39, 0.29) is 23.3 Å². The predicted molar refractivity (Wildman–Crippen MR) is 114 cm³/mol. The average molecular weight is 402 g/mol. The molecule has 0 bridgehead atoms. The third-order valence-corrected chi connectivity index (χ3v) is 5.79. The van der Waals surface area contributed by atoms with Crippen molar-refractivity contribution in [3.63, 3.8) is 0 Å². The number of aryl methyl sites for hydroxylation is 1. The maximum Gasteiger partial charge on any atom is 0.329 e. The fraction of sp³-hybridized carbons (Fsp3) is 0.619. The lowest BCUT2D eigenvalue weighted by molar-refractivity contribution is 0.0661. The number of fused-ring (bicyclic) bond motifs is 1. The summed E-state index contributed by atoms with van der Waals surface area (Å²) in [5, 5.41) is 0.201. The number of aromatic nitrogens is 3. The minimum absolute atomic E-state index is 0.0593. The van der Waals surface area contributed by atoms with Crippen LogP contribution in [-0.2, 0) is 6.54 Å². The summed E-state index contributed by atoms with van der Waals surface area (Å²) < 4.78 is 1.47. The van der Waals surface area contributed by atoms with E-state index in [0.717, 1.165) is 25.9 Å². The molecule has 29 heavy (non-hydrogen) atoms. The molecule has 1 aliphatic heterocycles. The van der Waals surface area contributed by atoms with Crippen molar-refractivity contribution in [3.05, 3.63) is 38.2 Å². The minimum Gasteiger partial charge on any atom is -0.339 e. The van der Waals surface area contributed by atoms with Gasteiger partial charge in [0.15, 0.2) is 5.65 Å². The van der Waals surface area contributed by atoms with Gasteiger partial charge in [-0.05, 0) is 51.4 Å². The zero-order valence-electron chi connectivity index (χ0n) is 18.0. The first-order valence-corrected chi connectivity index (χ1v) is 10.4. The van der Waals surface area contributed by atoms with Crippen LogP contribution >= 0.6 is 0 Å². The van der Waals surface area contributed by atoms with Gasteiger partial charge in [0.2, 0.25) is 0 Å². The SMILES string of the molecule is CCCn1c(=O)[nH]c(=O)c2c(C(=O)N(C)C3CCN(C)CC3)cc(C(C)C)nc21. The van der Waals surface area contributed by atoms with Crippen molar-refractivity contribution in [2.24, 2.45) is 0 Å². The smallest absolute Gasteiger partial charge is 0.329 e. The van der Waals surface area contributed by atoms with E-state index in [2.05, 4.69) is 21.9 Å². The predicted octanol–water partition coefficient (Wildman–Crippen LogP) is 1.78. The van der Waals surface area contributed by atoms with Crippen LogP contribution in [0.2, 0.25) is 0 Å². The van der Waals surface area contributed by atoms with E-state index in [1.807, 2.05) is 20.8 Å². The fourth-order valence-corrected chi connectivity index (χ4v) is 3.93. The molecule has 1 N–H and O–H groups in total. The van der Waals surface area contributed by atoms with E-state index in [4.69, 9.17) is 0 Å². The van der Waals surface area contributed by atoms with E-state index >= 15 is 0 Å². The van der Waals surface area contributed by atoms with Gasteiger partial charge in [-0.25, -0.2) is 9.78 Å². The molecule has 0 spiro atoms. The van der Waals surface area contributed by atoms with Crippen molar-refractivity contribution in [2.45, 2.75) is 58.5 Å². The molecular formula is C21H31N5O3. The Labute approximate surface area is 170 Å². The second-order valence-corrected chi connectivity index (χ2v) is 8.31. The van der Waals surface area contributed by atoms with Gasteiger partial charge in [0.1, 0.15) is 0 Å². The molecule has 1 fully saturated rings. The molecule has 2 aromatic heterocycles. The second-order valence-electron chi connectivity index (χ2n) is 8.31. The van der Waals surface area contributed by atoms with Crippen molar-refractivity contribution in [3.8, 4) is 0 Å². The van der Waals surface area contributed by atoms with Gasteiger partial charge in [0.05, 0.1) is 10.9 Å². The van der Waals surface area contributed by atoms with Crippen molar-refractivity contribution >= 4 is 16.9 Å². The monoisotopic (exact) mass is 401 g/mol. The highest BCUT2D eigenvalue weighted by atomic mass is 16.2. The van der Waals surface area contributed by atoms with E-state index in [9.17, 15) is 14.4 Å². The van der Waals surface area contributed by atoms with Gasteiger partial charge in [0.25, 0.3) is 11.5 Å². The molecular weight excluding hydrogens is 370 g/mol. The van der Waals surface area contributed by atoms with Gasteiger partial charge in [-0.1, -0.05) is 20.8 Å². The average Bonchev–Trinajstić information content (AvgIpc) is 2.69. The molecule has 0 radical (unpaired) electrons. The molecule has 158 valence electrons. The highest BCUT2D eigenvalue weighted by molar-refractivity contribution is 6.05. The van der Waals surface area contributed by atoms with Crippen LogP contribution in [0, 0.1) is 0 Å². The number of amides is 1. The third-order valence-electron chi connectivity index (χ3n) is 5.79. The lowest BCUT2D eigenvalue weighted by atomic mass is 10.0. The summed E-state index contributed by atoms with van der Waals surface area (Å²) in [6.07, 6.45) is 2.51. The van der Waals surface area contributed by atoms with E-state index < -0.39 is 11.2 Å². The number of carbonyl (C=O) groups is 1.